The second kappa shape index (κ2) is 5.97. The number of nitrogens with zero attached hydrogens (tertiary/aromatic N) is 1. The summed E-state index contributed by atoms with van der Waals surface area (Å²) in [6.07, 6.45) is 10.4. The SMILES string of the molecule is NCC(NC1CCCCC1)c1cccnc1. The highest BCUT2D eigenvalue weighted by atomic mass is 15.0. The zero-order valence-electron chi connectivity index (χ0n) is 9.73. The van der Waals surface area contributed by atoms with E-state index in [-0.39, 0.29) is 6.04 Å². The number of nitrogens with one attached hydrogen (secondary N) is 1. The number of rotatable bonds is 4. The Morgan fingerprint density at radius 3 is 2.81 bits per heavy atom. The van der Waals surface area contributed by atoms with Gasteiger partial charge in [-0.05, 0) is 24.5 Å². The standard InChI is InChI=1S/C13H21N3/c14-9-13(11-5-4-8-15-10-11)16-12-6-2-1-3-7-12/h4-5,8,10,12-13,16H,1-3,6-7,9,14H2. The number of hydrogen-bond donors (Lipinski definition) is 2. The molecule has 2 rings (SSSR count). The Hall–Kier alpha value is -0.930. The predicted octanol–water partition coefficient (Wildman–Crippen LogP) is 2.00. The summed E-state index contributed by atoms with van der Waals surface area (Å²) < 4.78 is 0. The molecule has 1 saturated carbocycles. The smallest absolute Gasteiger partial charge is 0.0462 e. The van der Waals surface area contributed by atoms with Crippen molar-refractivity contribution in [2.75, 3.05) is 6.54 Å². The van der Waals surface area contributed by atoms with Crippen molar-refractivity contribution >= 4 is 0 Å². The van der Waals surface area contributed by atoms with Gasteiger partial charge < -0.3 is 11.1 Å². The summed E-state index contributed by atoms with van der Waals surface area (Å²) in [6, 6.07) is 4.97. The van der Waals surface area contributed by atoms with Crippen LogP contribution in [-0.2, 0) is 0 Å². The fraction of sp³-hybridized carbons (Fsp3) is 0.615. The zero-order valence-corrected chi connectivity index (χ0v) is 9.73. The molecule has 1 aliphatic carbocycles. The van der Waals surface area contributed by atoms with Crippen LogP contribution in [0.15, 0.2) is 24.5 Å². The lowest BCUT2D eigenvalue weighted by atomic mass is 9.94. The Morgan fingerprint density at radius 1 is 1.38 bits per heavy atom. The average Bonchev–Trinajstić information content (AvgIpc) is 2.38. The molecule has 1 atom stereocenters. The van der Waals surface area contributed by atoms with E-state index < -0.39 is 0 Å². The van der Waals surface area contributed by atoms with Crippen molar-refractivity contribution in [1.82, 2.24) is 10.3 Å². The molecule has 3 nitrogen and oxygen atoms in total. The van der Waals surface area contributed by atoms with Crippen LogP contribution in [0.1, 0.15) is 43.7 Å². The van der Waals surface area contributed by atoms with Gasteiger partial charge in [-0.15, -0.1) is 0 Å². The maximum atomic E-state index is 5.83. The Balaban J connectivity index is 1.94. The van der Waals surface area contributed by atoms with Crippen LogP contribution in [0.2, 0.25) is 0 Å². The molecule has 3 heteroatoms. The first-order valence-electron chi connectivity index (χ1n) is 6.26. The maximum Gasteiger partial charge on any atom is 0.0462 e. The molecule has 16 heavy (non-hydrogen) atoms. The van der Waals surface area contributed by atoms with Crippen LogP contribution < -0.4 is 11.1 Å². The summed E-state index contributed by atoms with van der Waals surface area (Å²) in [5.74, 6) is 0. The van der Waals surface area contributed by atoms with Crippen LogP contribution in [0.3, 0.4) is 0 Å². The largest absolute Gasteiger partial charge is 0.329 e. The summed E-state index contributed by atoms with van der Waals surface area (Å²) in [7, 11) is 0. The third-order valence-electron chi connectivity index (χ3n) is 3.36. The highest BCUT2D eigenvalue weighted by molar-refractivity contribution is 5.14. The number of nitrogens with two attached hydrogens (primary N) is 1. The molecule has 1 aromatic heterocycles. The van der Waals surface area contributed by atoms with Crippen molar-refractivity contribution in [2.24, 2.45) is 5.73 Å². The Labute approximate surface area is 97.5 Å². The van der Waals surface area contributed by atoms with Crippen molar-refractivity contribution < 1.29 is 0 Å². The maximum absolute atomic E-state index is 5.83. The van der Waals surface area contributed by atoms with Crippen molar-refractivity contribution in [3.8, 4) is 0 Å². The van der Waals surface area contributed by atoms with Crippen molar-refractivity contribution in [1.29, 1.82) is 0 Å². The van der Waals surface area contributed by atoms with Gasteiger partial charge in [-0.1, -0.05) is 25.3 Å². The van der Waals surface area contributed by atoms with E-state index in [0.717, 1.165) is 0 Å². The zero-order chi connectivity index (χ0) is 11.2. The molecular weight excluding hydrogens is 198 g/mol. The molecule has 0 saturated heterocycles. The van der Waals surface area contributed by atoms with Gasteiger partial charge in [-0.3, -0.25) is 4.98 Å². The topological polar surface area (TPSA) is 50.9 Å². The highest BCUT2D eigenvalue weighted by Crippen LogP contribution is 2.20. The van der Waals surface area contributed by atoms with Crippen LogP contribution in [0.25, 0.3) is 0 Å². The molecule has 1 heterocycles. The fourth-order valence-electron chi connectivity index (χ4n) is 2.44. The van der Waals surface area contributed by atoms with Gasteiger partial charge in [0, 0.05) is 31.0 Å². The first kappa shape index (κ1) is 11.6. The van der Waals surface area contributed by atoms with Gasteiger partial charge in [0.05, 0.1) is 0 Å². The fourth-order valence-corrected chi connectivity index (χ4v) is 2.44. The molecule has 1 unspecified atom stereocenters. The summed E-state index contributed by atoms with van der Waals surface area (Å²) in [5.41, 5.74) is 7.04. The van der Waals surface area contributed by atoms with Crippen LogP contribution in [0.5, 0.6) is 0 Å². The molecule has 1 aromatic rings. The molecule has 3 N–H and O–H groups in total. The monoisotopic (exact) mass is 219 g/mol. The van der Waals surface area contributed by atoms with Crippen molar-refractivity contribution in [3.63, 3.8) is 0 Å². The van der Waals surface area contributed by atoms with Gasteiger partial charge in [-0.25, -0.2) is 0 Å². The lowest BCUT2D eigenvalue weighted by Gasteiger charge is -2.28. The van der Waals surface area contributed by atoms with E-state index in [1.807, 2.05) is 12.3 Å². The van der Waals surface area contributed by atoms with E-state index in [1.54, 1.807) is 6.20 Å². The Bertz CT molecular complexity index is 293. The van der Waals surface area contributed by atoms with Gasteiger partial charge in [0.2, 0.25) is 0 Å². The molecule has 0 radical (unpaired) electrons. The molecular formula is C13H21N3. The summed E-state index contributed by atoms with van der Waals surface area (Å²) >= 11 is 0. The molecule has 1 fully saturated rings. The normalized spacial score (nSPS) is 19.6. The number of aromatic nitrogens is 1. The average molecular weight is 219 g/mol. The summed E-state index contributed by atoms with van der Waals surface area (Å²) in [6.45, 7) is 0.641. The van der Waals surface area contributed by atoms with Crippen LogP contribution in [-0.4, -0.2) is 17.6 Å². The quantitative estimate of drug-likeness (QED) is 0.814. The summed E-state index contributed by atoms with van der Waals surface area (Å²) in [5, 5.41) is 3.66. The van der Waals surface area contributed by atoms with Gasteiger partial charge in [0.1, 0.15) is 0 Å². The van der Waals surface area contributed by atoms with E-state index in [4.69, 9.17) is 5.73 Å². The molecule has 0 spiro atoms. The summed E-state index contributed by atoms with van der Waals surface area (Å²) in [4.78, 5) is 4.15. The van der Waals surface area contributed by atoms with Crippen LogP contribution in [0, 0.1) is 0 Å². The van der Waals surface area contributed by atoms with Crippen molar-refractivity contribution in [2.45, 2.75) is 44.2 Å². The second-order valence-electron chi connectivity index (χ2n) is 4.58. The molecule has 0 aromatic carbocycles. The Morgan fingerprint density at radius 2 is 2.19 bits per heavy atom. The van der Waals surface area contributed by atoms with Crippen LogP contribution >= 0.6 is 0 Å². The minimum Gasteiger partial charge on any atom is -0.329 e. The van der Waals surface area contributed by atoms with E-state index in [9.17, 15) is 0 Å². The molecule has 1 aliphatic rings. The molecule has 0 aliphatic heterocycles. The van der Waals surface area contributed by atoms with E-state index in [1.165, 1.54) is 37.7 Å². The molecule has 0 bridgehead atoms. The second-order valence-corrected chi connectivity index (χ2v) is 4.58. The predicted molar refractivity (Wildman–Crippen MR) is 66.0 cm³/mol. The number of hydrogen-bond acceptors (Lipinski definition) is 3. The Kier molecular flexibility index (Phi) is 4.31. The highest BCUT2D eigenvalue weighted by Gasteiger charge is 2.17. The van der Waals surface area contributed by atoms with Gasteiger partial charge in [0.25, 0.3) is 0 Å². The van der Waals surface area contributed by atoms with Gasteiger partial charge in [0.15, 0.2) is 0 Å². The lowest BCUT2D eigenvalue weighted by Crippen LogP contribution is -2.37. The molecule has 88 valence electrons. The van der Waals surface area contributed by atoms with Crippen LogP contribution in [0.4, 0.5) is 0 Å². The third-order valence-corrected chi connectivity index (χ3v) is 3.36. The van der Waals surface area contributed by atoms with Crippen molar-refractivity contribution in [3.05, 3.63) is 30.1 Å². The van der Waals surface area contributed by atoms with E-state index in [2.05, 4.69) is 16.4 Å². The first-order valence-corrected chi connectivity index (χ1v) is 6.26. The molecule has 0 amide bonds. The minimum absolute atomic E-state index is 0.261. The number of pyridine rings is 1. The minimum atomic E-state index is 0.261. The third kappa shape index (κ3) is 3.03. The lowest BCUT2D eigenvalue weighted by molar-refractivity contribution is 0.340. The van der Waals surface area contributed by atoms with Gasteiger partial charge >= 0.3 is 0 Å². The van der Waals surface area contributed by atoms with Gasteiger partial charge in [-0.2, -0.15) is 0 Å². The first-order chi connectivity index (χ1) is 7.90. The van der Waals surface area contributed by atoms with E-state index in [0.29, 0.717) is 12.6 Å². The van der Waals surface area contributed by atoms with E-state index >= 15 is 0 Å².